The molecule has 0 saturated heterocycles. The fourth-order valence-corrected chi connectivity index (χ4v) is 2.67. The van der Waals surface area contributed by atoms with Crippen molar-refractivity contribution in [1.29, 1.82) is 0 Å². The Kier molecular flexibility index (Phi) is 4.64. The fraction of sp³-hybridized carbons (Fsp3) is 0.176. The Morgan fingerprint density at radius 3 is 2.52 bits per heavy atom. The number of halogens is 1. The molecule has 0 aliphatic rings. The zero-order chi connectivity index (χ0) is 16.2. The lowest BCUT2D eigenvalue weighted by Crippen LogP contribution is -2.22. The molecular formula is C17H17FN4S. The highest BCUT2D eigenvalue weighted by molar-refractivity contribution is 7.71. The minimum Gasteiger partial charge on any atom is -0.283 e. The van der Waals surface area contributed by atoms with E-state index in [9.17, 15) is 4.39 Å². The van der Waals surface area contributed by atoms with Crippen molar-refractivity contribution in [2.45, 2.75) is 13.2 Å². The maximum Gasteiger partial charge on any atom is 0.203 e. The fourth-order valence-electron chi connectivity index (χ4n) is 2.42. The number of para-hydroxylation sites is 1. The van der Waals surface area contributed by atoms with Crippen molar-refractivity contribution >= 4 is 12.2 Å². The molecule has 0 saturated carbocycles. The molecular weight excluding hydrogens is 311 g/mol. The summed E-state index contributed by atoms with van der Waals surface area (Å²) < 4.78 is 17.6. The highest BCUT2D eigenvalue weighted by Crippen LogP contribution is 2.13. The van der Waals surface area contributed by atoms with Crippen LogP contribution in [0.3, 0.4) is 0 Å². The Bertz CT molecular complexity index is 841. The summed E-state index contributed by atoms with van der Waals surface area (Å²) in [7, 11) is 2.00. The quantitative estimate of drug-likeness (QED) is 0.669. The van der Waals surface area contributed by atoms with E-state index in [0.29, 0.717) is 17.1 Å². The number of rotatable bonds is 5. The highest BCUT2D eigenvalue weighted by atomic mass is 32.1. The number of aromatic nitrogens is 3. The van der Waals surface area contributed by atoms with E-state index in [-0.39, 0.29) is 5.82 Å². The van der Waals surface area contributed by atoms with Crippen molar-refractivity contribution in [2.75, 3.05) is 7.05 Å². The molecule has 0 amide bonds. The van der Waals surface area contributed by atoms with E-state index in [2.05, 4.69) is 22.1 Å². The van der Waals surface area contributed by atoms with E-state index in [1.165, 1.54) is 11.6 Å². The summed E-state index contributed by atoms with van der Waals surface area (Å²) in [5.74, 6) is -0.319. The van der Waals surface area contributed by atoms with Crippen molar-refractivity contribution in [1.82, 2.24) is 19.2 Å². The van der Waals surface area contributed by atoms with Crippen molar-refractivity contribution in [3.8, 4) is 5.69 Å². The first kappa shape index (κ1) is 15.6. The summed E-state index contributed by atoms with van der Waals surface area (Å²) in [4.78, 5) is 2.10. The van der Waals surface area contributed by atoms with Crippen LogP contribution in [-0.2, 0) is 13.2 Å². The first-order valence-electron chi connectivity index (χ1n) is 7.27. The Hall–Kier alpha value is -2.31. The molecule has 4 nitrogen and oxygen atoms in total. The zero-order valence-electron chi connectivity index (χ0n) is 12.8. The predicted molar refractivity (Wildman–Crippen MR) is 90.3 cm³/mol. The van der Waals surface area contributed by atoms with E-state index in [1.807, 2.05) is 25.2 Å². The smallest absolute Gasteiger partial charge is 0.203 e. The molecule has 0 N–H and O–H groups in total. The molecule has 0 radical (unpaired) electrons. The molecule has 1 aromatic heterocycles. The predicted octanol–water partition coefficient (Wildman–Crippen LogP) is 3.63. The summed E-state index contributed by atoms with van der Waals surface area (Å²) in [6, 6.07) is 16.7. The van der Waals surface area contributed by atoms with Gasteiger partial charge < -0.3 is 0 Å². The summed E-state index contributed by atoms with van der Waals surface area (Å²) in [6.07, 6.45) is 1.55. The summed E-state index contributed by atoms with van der Waals surface area (Å²) in [6.45, 7) is 1.32. The van der Waals surface area contributed by atoms with Crippen LogP contribution < -0.4 is 0 Å². The van der Waals surface area contributed by atoms with Crippen LogP contribution >= 0.6 is 12.2 Å². The van der Waals surface area contributed by atoms with Gasteiger partial charge in [-0.1, -0.05) is 42.5 Å². The lowest BCUT2D eigenvalue weighted by molar-refractivity contribution is 0.244. The van der Waals surface area contributed by atoms with Crippen LogP contribution in [0.5, 0.6) is 0 Å². The van der Waals surface area contributed by atoms with Crippen molar-refractivity contribution in [3.63, 3.8) is 0 Å². The minimum atomic E-state index is -0.319. The van der Waals surface area contributed by atoms with Crippen LogP contribution in [0.2, 0.25) is 0 Å². The van der Waals surface area contributed by atoms with Crippen LogP contribution in [-0.4, -0.2) is 26.3 Å². The summed E-state index contributed by atoms with van der Waals surface area (Å²) in [5, 5.41) is 4.28. The third-order valence-electron chi connectivity index (χ3n) is 3.52. The first-order valence-corrected chi connectivity index (χ1v) is 7.68. The second-order valence-corrected chi connectivity index (χ2v) is 5.74. The topological polar surface area (TPSA) is 26.0 Å². The second-order valence-electron chi connectivity index (χ2n) is 5.38. The Labute approximate surface area is 139 Å². The van der Waals surface area contributed by atoms with Crippen LogP contribution in [0, 0.1) is 10.6 Å². The Morgan fingerprint density at radius 2 is 1.78 bits per heavy atom. The van der Waals surface area contributed by atoms with Gasteiger partial charge in [-0.3, -0.25) is 9.47 Å². The minimum absolute atomic E-state index is 0.319. The molecule has 118 valence electrons. The van der Waals surface area contributed by atoms with Gasteiger partial charge in [0.25, 0.3) is 0 Å². The molecule has 3 rings (SSSR count). The van der Waals surface area contributed by atoms with Gasteiger partial charge in [-0.25, -0.2) is 9.07 Å². The van der Waals surface area contributed by atoms with Gasteiger partial charge in [0.15, 0.2) is 0 Å². The maximum absolute atomic E-state index is 13.9. The normalized spacial score (nSPS) is 11.1. The van der Waals surface area contributed by atoms with E-state index in [1.54, 1.807) is 33.8 Å². The van der Waals surface area contributed by atoms with Gasteiger partial charge in [0.2, 0.25) is 4.77 Å². The molecule has 1 heterocycles. The van der Waals surface area contributed by atoms with Crippen LogP contribution in [0.1, 0.15) is 5.56 Å². The average Bonchev–Trinajstić information content (AvgIpc) is 2.90. The molecule has 2 aromatic carbocycles. The molecule has 0 bridgehead atoms. The molecule has 6 heteroatoms. The van der Waals surface area contributed by atoms with Gasteiger partial charge in [0.05, 0.1) is 12.4 Å². The first-order chi connectivity index (χ1) is 11.1. The second kappa shape index (κ2) is 6.85. The lowest BCUT2D eigenvalue weighted by Gasteiger charge is -2.16. The van der Waals surface area contributed by atoms with Crippen molar-refractivity contribution in [2.24, 2.45) is 0 Å². The Balaban J connectivity index is 1.78. The summed E-state index contributed by atoms with van der Waals surface area (Å²) in [5.41, 5.74) is 1.63. The van der Waals surface area contributed by atoms with Crippen LogP contribution in [0.4, 0.5) is 4.39 Å². The highest BCUT2D eigenvalue weighted by Gasteiger charge is 2.09. The third kappa shape index (κ3) is 3.55. The number of nitrogens with zero attached hydrogens (tertiary/aromatic N) is 4. The molecule has 0 atom stereocenters. The van der Waals surface area contributed by atoms with Crippen molar-refractivity contribution in [3.05, 3.63) is 77.1 Å². The lowest BCUT2D eigenvalue weighted by atomic mass is 10.2. The maximum atomic E-state index is 13.9. The molecule has 0 unspecified atom stereocenters. The van der Waals surface area contributed by atoms with E-state index in [0.717, 1.165) is 6.54 Å². The monoisotopic (exact) mass is 328 g/mol. The van der Waals surface area contributed by atoms with Gasteiger partial charge in [0.1, 0.15) is 12.1 Å². The van der Waals surface area contributed by atoms with E-state index >= 15 is 0 Å². The molecule has 0 fully saturated rings. The zero-order valence-corrected chi connectivity index (χ0v) is 13.6. The van der Waals surface area contributed by atoms with Gasteiger partial charge in [0, 0.05) is 6.54 Å². The molecule has 0 spiro atoms. The molecule has 0 aliphatic heterocycles. The van der Waals surface area contributed by atoms with Gasteiger partial charge >= 0.3 is 0 Å². The number of hydrogen-bond acceptors (Lipinski definition) is 3. The van der Waals surface area contributed by atoms with E-state index < -0.39 is 0 Å². The Morgan fingerprint density at radius 1 is 1.09 bits per heavy atom. The standard InChI is InChI=1S/C17H17FN4S/c1-20(11-14-7-3-2-4-8-14)13-22-17(23)21(12-19-22)16-10-6-5-9-15(16)18/h2-10,12H,11,13H2,1H3. The molecule has 23 heavy (non-hydrogen) atoms. The van der Waals surface area contributed by atoms with Gasteiger partial charge in [-0.05, 0) is 37.0 Å². The molecule has 0 aliphatic carbocycles. The van der Waals surface area contributed by atoms with Crippen molar-refractivity contribution < 1.29 is 4.39 Å². The SMILES string of the molecule is CN(Cc1ccccc1)Cn1ncn(-c2ccccc2F)c1=S. The molecule has 3 aromatic rings. The largest absolute Gasteiger partial charge is 0.283 e. The van der Waals surface area contributed by atoms with Crippen LogP contribution in [0.25, 0.3) is 5.69 Å². The van der Waals surface area contributed by atoms with E-state index in [4.69, 9.17) is 12.2 Å². The summed E-state index contributed by atoms with van der Waals surface area (Å²) >= 11 is 5.42. The number of hydrogen-bond donors (Lipinski definition) is 0. The average molecular weight is 328 g/mol. The number of benzene rings is 2. The van der Waals surface area contributed by atoms with Crippen LogP contribution in [0.15, 0.2) is 60.9 Å². The van der Waals surface area contributed by atoms with Gasteiger partial charge in [-0.2, -0.15) is 5.10 Å². The van der Waals surface area contributed by atoms with Gasteiger partial charge in [-0.15, -0.1) is 0 Å². The third-order valence-corrected chi connectivity index (χ3v) is 3.92.